The standard InChI is InChI=1S/C36H58N3Se/c1-5-9-13-17-25-38(26-18-14-10-6-2)31-21-23-33-35(29-31)40-36-30-32(22-24-34(36)37-33)39(27-19-15-11-7-3)28-20-16-12-8-4/h21-24,29-30H,5-20,25-28H2,1-4H3/q+1. The Morgan fingerprint density at radius 1 is 0.625 bits per heavy atom. The van der Waals surface area contributed by atoms with Crippen molar-refractivity contribution < 1.29 is 0 Å². The average molecular weight is 612 g/mol. The number of unbranched alkanes of at least 4 members (excludes halogenated alkanes) is 12. The van der Waals surface area contributed by atoms with E-state index in [0.717, 1.165) is 0 Å². The Hall–Kier alpha value is -1.64. The molecule has 0 N–H and O–H groups in total. The van der Waals surface area contributed by atoms with Gasteiger partial charge in [0.1, 0.15) is 0 Å². The summed E-state index contributed by atoms with van der Waals surface area (Å²) in [7, 11) is 0. The molecular formula is C36H58N3Se+. The number of hydrogen-bond donors (Lipinski definition) is 0. The Bertz CT molecular complexity index is 1110. The zero-order valence-electron chi connectivity index (χ0n) is 26.4. The van der Waals surface area contributed by atoms with Crippen LogP contribution < -0.4 is 14.8 Å². The molecule has 3 rings (SSSR count). The molecule has 0 amide bonds. The van der Waals surface area contributed by atoms with Crippen LogP contribution in [0.1, 0.15) is 130 Å². The number of nitrogens with zero attached hydrogens (tertiary/aromatic N) is 3. The molecule has 0 aromatic heterocycles. The predicted molar refractivity (Wildman–Crippen MR) is 179 cm³/mol. The van der Waals surface area contributed by atoms with Crippen LogP contribution in [0.2, 0.25) is 0 Å². The van der Waals surface area contributed by atoms with Gasteiger partial charge >= 0.3 is 253 Å². The van der Waals surface area contributed by atoms with Crippen LogP contribution in [0.5, 0.6) is 0 Å². The van der Waals surface area contributed by atoms with Gasteiger partial charge in [-0.2, -0.15) is 0 Å². The summed E-state index contributed by atoms with van der Waals surface area (Å²) in [6.45, 7) is 13.9. The van der Waals surface area contributed by atoms with Crippen molar-refractivity contribution in [2.24, 2.45) is 0 Å². The molecule has 0 radical (unpaired) electrons. The normalized spacial score (nSPS) is 11.5. The van der Waals surface area contributed by atoms with E-state index in [9.17, 15) is 0 Å². The first-order chi connectivity index (χ1) is 19.7. The van der Waals surface area contributed by atoms with Crippen molar-refractivity contribution in [3.8, 4) is 10.1 Å². The third-order valence-corrected chi connectivity index (χ3v) is 10.5. The predicted octanol–water partition coefficient (Wildman–Crippen LogP) is 9.30. The second-order valence-electron chi connectivity index (χ2n) is 11.7. The Labute approximate surface area is 252 Å². The van der Waals surface area contributed by atoms with Crippen LogP contribution in [0.3, 0.4) is 0 Å². The van der Waals surface area contributed by atoms with E-state index in [2.05, 4.69) is 73.6 Å². The topological polar surface area (TPSA) is 19.1 Å². The fourth-order valence-corrected chi connectivity index (χ4v) is 7.82. The molecule has 222 valence electrons. The average Bonchev–Trinajstić information content (AvgIpc) is 2.98. The van der Waals surface area contributed by atoms with Crippen molar-refractivity contribution >= 4 is 30.0 Å². The van der Waals surface area contributed by atoms with Gasteiger partial charge in [-0.3, -0.25) is 0 Å². The molecule has 0 unspecified atom stereocenters. The first kappa shape index (κ1) is 32.9. The number of fused-ring (bicyclic) bond motifs is 2. The van der Waals surface area contributed by atoms with Crippen LogP contribution >= 0.6 is 0 Å². The SMILES string of the molecule is CCCCCCN(CCCCCC)c1ccc2nc3ccc(=[N+](CCCCCC)CCCCCC)cc-3[se]c2c1. The zero-order valence-corrected chi connectivity index (χ0v) is 28.1. The molecule has 40 heavy (non-hydrogen) atoms. The molecule has 1 aromatic rings. The van der Waals surface area contributed by atoms with Gasteiger partial charge < -0.3 is 0 Å². The van der Waals surface area contributed by atoms with Gasteiger partial charge in [-0.15, -0.1) is 0 Å². The maximum absolute atomic E-state index is 5.13. The van der Waals surface area contributed by atoms with Crippen LogP contribution in [0, 0.1) is 0 Å². The Morgan fingerprint density at radius 2 is 1.20 bits per heavy atom. The van der Waals surface area contributed by atoms with Gasteiger partial charge in [0.15, 0.2) is 0 Å². The van der Waals surface area contributed by atoms with Crippen LogP contribution in [-0.4, -0.2) is 45.7 Å². The molecule has 4 heteroatoms. The third kappa shape index (κ3) is 11.0. The van der Waals surface area contributed by atoms with Gasteiger partial charge in [0, 0.05) is 0 Å². The van der Waals surface area contributed by atoms with Crippen molar-refractivity contribution in [2.45, 2.75) is 130 Å². The molecule has 0 spiro atoms. The Morgan fingerprint density at radius 3 is 1.77 bits per heavy atom. The Balaban J connectivity index is 1.89. The summed E-state index contributed by atoms with van der Waals surface area (Å²) in [5.74, 6) is 0. The summed E-state index contributed by atoms with van der Waals surface area (Å²) in [6.07, 6.45) is 21.2. The first-order valence-electron chi connectivity index (χ1n) is 16.9. The molecule has 1 heterocycles. The molecule has 0 fully saturated rings. The number of rotatable bonds is 21. The summed E-state index contributed by atoms with van der Waals surface area (Å²) in [5, 5.41) is 1.41. The van der Waals surface area contributed by atoms with E-state index in [1.165, 1.54) is 160 Å². The molecule has 0 saturated carbocycles. The summed E-state index contributed by atoms with van der Waals surface area (Å²) in [4.78, 5) is 7.80. The van der Waals surface area contributed by atoms with Gasteiger partial charge in [-0.05, 0) is 0 Å². The molecule has 1 aliphatic carbocycles. The minimum atomic E-state index is 0.296. The number of hydrogen-bond acceptors (Lipinski definition) is 2. The fraction of sp³-hybridized carbons (Fsp3) is 0.667. The molecular weight excluding hydrogens is 553 g/mol. The summed E-state index contributed by atoms with van der Waals surface area (Å²) >= 11 is 0.296. The van der Waals surface area contributed by atoms with Crippen molar-refractivity contribution in [3.63, 3.8) is 0 Å². The van der Waals surface area contributed by atoms with Crippen molar-refractivity contribution in [1.29, 1.82) is 0 Å². The molecule has 1 aliphatic heterocycles. The Kier molecular flexibility index (Phi) is 16.0. The van der Waals surface area contributed by atoms with E-state index in [1.54, 1.807) is 0 Å². The van der Waals surface area contributed by atoms with E-state index in [1.807, 2.05) is 0 Å². The van der Waals surface area contributed by atoms with E-state index < -0.39 is 0 Å². The number of aromatic nitrogens is 1. The third-order valence-electron chi connectivity index (χ3n) is 8.20. The van der Waals surface area contributed by atoms with E-state index >= 15 is 0 Å². The number of anilines is 1. The van der Waals surface area contributed by atoms with Gasteiger partial charge in [0.25, 0.3) is 0 Å². The van der Waals surface area contributed by atoms with Gasteiger partial charge in [-0.25, -0.2) is 0 Å². The van der Waals surface area contributed by atoms with E-state index in [4.69, 9.17) is 4.98 Å². The van der Waals surface area contributed by atoms with Crippen molar-refractivity contribution in [1.82, 2.24) is 9.56 Å². The quantitative estimate of drug-likeness (QED) is 0.0518. The maximum atomic E-state index is 5.13. The molecule has 0 atom stereocenters. The second kappa shape index (κ2) is 19.5. The molecule has 2 aliphatic rings. The van der Waals surface area contributed by atoms with Gasteiger partial charge in [-0.1, -0.05) is 0 Å². The van der Waals surface area contributed by atoms with Crippen LogP contribution in [0.15, 0.2) is 36.4 Å². The molecule has 0 saturated heterocycles. The van der Waals surface area contributed by atoms with Gasteiger partial charge in [0.2, 0.25) is 0 Å². The monoisotopic (exact) mass is 612 g/mol. The molecule has 3 nitrogen and oxygen atoms in total. The summed E-state index contributed by atoms with van der Waals surface area (Å²) in [6, 6.07) is 14.2. The summed E-state index contributed by atoms with van der Waals surface area (Å²) in [5.41, 5.74) is 3.80. The number of benzene rings is 2. The molecule has 0 bridgehead atoms. The van der Waals surface area contributed by atoms with Crippen LogP contribution in [-0.2, 0) is 0 Å². The zero-order chi connectivity index (χ0) is 28.4. The van der Waals surface area contributed by atoms with Crippen molar-refractivity contribution in [2.75, 3.05) is 31.1 Å². The minimum absolute atomic E-state index is 0.296. The summed E-state index contributed by atoms with van der Waals surface area (Å²) < 4.78 is 5.58. The first-order valence-corrected chi connectivity index (χ1v) is 18.6. The van der Waals surface area contributed by atoms with Crippen molar-refractivity contribution in [3.05, 3.63) is 41.8 Å². The van der Waals surface area contributed by atoms with Gasteiger partial charge in [0.05, 0.1) is 0 Å². The second-order valence-corrected chi connectivity index (χ2v) is 14.0. The molecule has 1 aromatic carbocycles. The van der Waals surface area contributed by atoms with E-state index in [0.29, 0.717) is 14.5 Å². The fourth-order valence-electron chi connectivity index (χ4n) is 5.65. The van der Waals surface area contributed by atoms with Crippen LogP contribution in [0.4, 0.5) is 5.69 Å². The van der Waals surface area contributed by atoms with E-state index in [-0.39, 0.29) is 0 Å². The van der Waals surface area contributed by atoms with Crippen LogP contribution in [0.25, 0.3) is 19.9 Å².